The van der Waals surface area contributed by atoms with E-state index in [0.29, 0.717) is 97.3 Å². The Morgan fingerprint density at radius 2 is 0.837 bits per heavy atom. The molecule has 0 saturated carbocycles. The Labute approximate surface area is 561 Å². The number of benzene rings is 6. The van der Waals surface area contributed by atoms with Gasteiger partial charge >= 0.3 is 11.9 Å². The molecule has 0 atom stereocenters. The molecule has 4 heterocycles. The van der Waals surface area contributed by atoms with E-state index in [-0.39, 0.29) is 93.6 Å². The first kappa shape index (κ1) is 71.3. The van der Waals surface area contributed by atoms with Gasteiger partial charge < -0.3 is 9.84 Å². The summed E-state index contributed by atoms with van der Waals surface area (Å²) in [5.41, 5.74) is 3.54. The molecule has 0 unspecified atom stereocenters. The van der Waals surface area contributed by atoms with Gasteiger partial charge in [0, 0.05) is 55.2 Å². The summed E-state index contributed by atoms with van der Waals surface area (Å²) in [5.74, 6) is -1.53. The molecule has 0 amide bonds. The quantitative estimate of drug-likeness (QED) is 0.0385. The molecule has 92 heavy (non-hydrogen) atoms. The number of aliphatic carboxylic acids is 1. The molecule has 6 aromatic carbocycles. The van der Waals surface area contributed by atoms with E-state index in [2.05, 4.69) is 55.6 Å². The van der Waals surface area contributed by atoms with Crippen molar-refractivity contribution >= 4 is 122 Å². The molecule has 478 valence electrons. The number of nitrogens with one attached hydrogen (secondary N) is 3. The second kappa shape index (κ2) is 34.0. The van der Waals surface area contributed by atoms with Gasteiger partial charge in [-0.05, 0) is 147 Å². The van der Waals surface area contributed by atoms with Gasteiger partial charge in [-0.2, -0.15) is 20.4 Å². The molecular weight excluding hydrogens is 1370 g/mol. The van der Waals surface area contributed by atoms with Crippen LogP contribution >= 0.6 is 92.8 Å². The Bertz CT molecular complexity index is 4260. The Balaban J connectivity index is 0.000000178. The van der Waals surface area contributed by atoms with Crippen molar-refractivity contribution in [3.63, 3.8) is 0 Å². The average molecular weight is 1420 g/mol. The van der Waals surface area contributed by atoms with Gasteiger partial charge in [0.05, 0.1) is 39.5 Å². The second-order valence-corrected chi connectivity index (χ2v) is 23.0. The molecule has 31 heteroatoms. The first-order valence-corrected chi connectivity index (χ1v) is 30.1. The number of hydrogen-bond donors (Lipinski definition) is 4. The zero-order valence-electron chi connectivity index (χ0n) is 47.9. The van der Waals surface area contributed by atoms with E-state index in [9.17, 15) is 41.5 Å². The van der Waals surface area contributed by atoms with Gasteiger partial charge in [0.15, 0.2) is 29.1 Å². The SMILES string of the molecule is CC(=O)Cn1nc(-c2ccc(Cl)c(F)c2)nc1CC(=O)CCc1cc(Cl)cc(Cl)c1.CCOC(=O)Cc1nc(-c2ccc(Cl)c(F)c2)n[nH]1.O=C(CCc1cc(Cl)cc(Cl)c1)Cc1nc(-c2ccc(Cl)c(F)c2)n[nH]1.O=C(O)Cc1nc(-c2ccc(Cl)c(F)c2)n[nH]1. The number of esters is 1. The molecule has 0 bridgehead atoms. The molecule has 19 nitrogen and oxygen atoms in total. The van der Waals surface area contributed by atoms with Crippen molar-refractivity contribution in [3.8, 4) is 45.6 Å². The fraction of sp³-hybridized carbons (Fsp3) is 0.197. The number of H-pyrrole nitrogens is 3. The minimum Gasteiger partial charge on any atom is -0.481 e. The number of aromatic nitrogens is 12. The van der Waals surface area contributed by atoms with Gasteiger partial charge in [0.2, 0.25) is 0 Å². The smallest absolute Gasteiger partial charge is 0.313 e. The standard InChI is InChI=1S/C21H17Cl3FN3O2.C18H13Cl3FN3O.C12H11ClFN3O2.C10H7ClFN3O2/c1-12(29)11-28-20(26-21(27-28)14-3-5-18(24)19(25)8-14)10-17(30)4-2-13-6-15(22)9-16(23)7-13;19-12-5-10(6-13(20)8-12)1-3-14(26)9-17-23-18(25-24-17)11-2-4-15(21)16(22)7-11;1-2-19-11(18)6-10-15-12(17-16-10)7-3-4-8(13)9(14)5-7;11-6-2-1-5(3-7(6)12)10-13-8(14-15-10)4-9(16)17/h3,5-9H,2,4,10-11H2,1H3;2,4-8H,1,3,9H2,(H,23,24,25);3-5H,2,6H2,1H3,(H,15,16,17);1-3H,4H2,(H,16,17)(H,13,14,15). The maximum atomic E-state index is 13.8. The Morgan fingerprint density at radius 1 is 0.478 bits per heavy atom. The Kier molecular flexibility index (Phi) is 26.3. The number of carboxylic acid groups (broad SMARTS) is 1. The van der Waals surface area contributed by atoms with Gasteiger partial charge in [-0.25, -0.2) is 42.2 Å². The predicted octanol–water partition coefficient (Wildman–Crippen LogP) is 15.0. The third-order valence-electron chi connectivity index (χ3n) is 12.3. The minimum atomic E-state index is -1.02. The number of ether oxygens (including phenoxy) is 1. The summed E-state index contributed by atoms with van der Waals surface area (Å²) in [6, 6.07) is 27.2. The van der Waals surface area contributed by atoms with E-state index in [1.807, 2.05) is 0 Å². The molecule has 0 aliphatic carbocycles. The van der Waals surface area contributed by atoms with Crippen molar-refractivity contribution in [1.82, 2.24) is 60.3 Å². The molecule has 0 saturated heterocycles. The van der Waals surface area contributed by atoms with Crippen molar-refractivity contribution in [1.29, 1.82) is 0 Å². The molecular formula is C61H48Cl8F4N12O7. The van der Waals surface area contributed by atoms with Crippen LogP contribution in [0.15, 0.2) is 109 Å². The van der Waals surface area contributed by atoms with Gasteiger partial charge in [-0.3, -0.25) is 39.3 Å². The Hall–Kier alpha value is -8.13. The van der Waals surface area contributed by atoms with Crippen molar-refractivity contribution in [2.45, 2.75) is 71.8 Å². The van der Waals surface area contributed by atoms with Crippen LogP contribution in [-0.4, -0.2) is 101 Å². The first-order valence-electron chi connectivity index (χ1n) is 27.1. The van der Waals surface area contributed by atoms with Gasteiger partial charge in [0.25, 0.3) is 0 Å². The number of Topliss-reactive ketones (excluding diaryl/α,β-unsaturated/α-hetero) is 3. The number of ketones is 3. The highest BCUT2D eigenvalue weighted by Gasteiger charge is 2.19. The third kappa shape index (κ3) is 22.0. The number of halogens is 12. The lowest BCUT2D eigenvalue weighted by Crippen LogP contribution is -2.15. The monoisotopic (exact) mass is 1420 g/mol. The normalized spacial score (nSPS) is 10.8. The van der Waals surface area contributed by atoms with Gasteiger partial charge in [-0.15, -0.1) is 0 Å². The largest absolute Gasteiger partial charge is 0.481 e. The van der Waals surface area contributed by atoms with Crippen LogP contribution in [0.4, 0.5) is 17.6 Å². The topological polar surface area (TPSA) is 270 Å². The van der Waals surface area contributed by atoms with Crippen molar-refractivity contribution in [3.05, 3.63) is 207 Å². The molecule has 0 aliphatic rings. The highest BCUT2D eigenvalue weighted by atomic mass is 35.5. The summed E-state index contributed by atoms with van der Waals surface area (Å²) >= 11 is 46.4. The maximum absolute atomic E-state index is 13.8. The van der Waals surface area contributed by atoms with Crippen LogP contribution in [0.2, 0.25) is 40.2 Å². The molecule has 4 aromatic heterocycles. The number of aromatic amines is 3. The van der Waals surface area contributed by atoms with Crippen LogP contribution in [0.25, 0.3) is 45.6 Å². The summed E-state index contributed by atoms with van der Waals surface area (Å²) < 4.78 is 60.0. The van der Waals surface area contributed by atoms with Crippen LogP contribution < -0.4 is 0 Å². The number of carbonyl (C=O) groups excluding carboxylic acids is 4. The highest BCUT2D eigenvalue weighted by molar-refractivity contribution is 6.35. The molecule has 4 N–H and O–H groups in total. The van der Waals surface area contributed by atoms with Gasteiger partial charge in [-0.1, -0.05) is 92.8 Å². The summed E-state index contributed by atoms with van der Waals surface area (Å²) in [4.78, 5) is 74.6. The second-order valence-electron chi connectivity index (χ2n) is 19.6. The lowest BCUT2D eigenvalue weighted by Gasteiger charge is -2.05. The van der Waals surface area contributed by atoms with Crippen LogP contribution in [0, 0.1) is 23.3 Å². The van der Waals surface area contributed by atoms with Crippen molar-refractivity contribution in [2.24, 2.45) is 0 Å². The third-order valence-corrected chi connectivity index (χ3v) is 14.4. The lowest BCUT2D eigenvalue weighted by atomic mass is 10.1. The molecule has 0 aliphatic heterocycles. The zero-order chi connectivity index (χ0) is 66.8. The number of nitrogens with zero attached hydrogens (tertiary/aromatic N) is 9. The zero-order valence-corrected chi connectivity index (χ0v) is 54.0. The van der Waals surface area contributed by atoms with Crippen LogP contribution in [0.1, 0.15) is 61.1 Å². The van der Waals surface area contributed by atoms with Crippen LogP contribution in [-0.2, 0) is 73.8 Å². The fourth-order valence-electron chi connectivity index (χ4n) is 8.13. The highest BCUT2D eigenvalue weighted by Crippen LogP contribution is 2.27. The molecule has 0 radical (unpaired) electrons. The van der Waals surface area contributed by atoms with Crippen LogP contribution in [0.5, 0.6) is 0 Å². The number of hydrogen-bond acceptors (Lipinski definition) is 14. The summed E-state index contributed by atoms with van der Waals surface area (Å²) in [6.45, 7) is 3.41. The number of carboxylic acids is 1. The minimum absolute atomic E-state index is 0.00306. The Morgan fingerprint density at radius 3 is 1.20 bits per heavy atom. The van der Waals surface area contributed by atoms with Crippen LogP contribution in [0.3, 0.4) is 0 Å². The van der Waals surface area contributed by atoms with Crippen molar-refractivity contribution < 1.29 is 51.4 Å². The summed E-state index contributed by atoms with van der Waals surface area (Å²) in [5, 5.41) is 34.5. The first-order chi connectivity index (χ1) is 43.8. The van der Waals surface area contributed by atoms with E-state index < -0.39 is 35.2 Å². The average Bonchev–Trinajstić information content (AvgIpc) is 1.72. The fourth-order valence-corrected chi connectivity index (χ4v) is 9.74. The van der Waals surface area contributed by atoms with Gasteiger partial charge in [0.1, 0.15) is 77.5 Å². The van der Waals surface area contributed by atoms with E-state index in [4.69, 9.17) is 103 Å². The van der Waals surface area contributed by atoms with E-state index in [1.54, 1.807) is 67.6 Å². The van der Waals surface area contributed by atoms with E-state index in [0.717, 1.165) is 11.1 Å². The molecule has 0 fully saturated rings. The number of aryl methyl sites for hydroxylation is 2. The predicted molar refractivity (Wildman–Crippen MR) is 340 cm³/mol. The molecule has 10 aromatic rings. The lowest BCUT2D eigenvalue weighted by molar-refractivity contribution is -0.142. The molecule has 10 rings (SSSR count). The number of carbonyl (C=O) groups is 5. The van der Waals surface area contributed by atoms with E-state index in [1.165, 1.54) is 60.1 Å². The molecule has 0 spiro atoms. The maximum Gasteiger partial charge on any atom is 0.313 e. The number of rotatable bonds is 21. The van der Waals surface area contributed by atoms with Crippen molar-refractivity contribution in [2.75, 3.05) is 6.61 Å². The summed E-state index contributed by atoms with van der Waals surface area (Å²) in [6.07, 6.45) is 1.40. The van der Waals surface area contributed by atoms with E-state index >= 15 is 0 Å². The summed E-state index contributed by atoms with van der Waals surface area (Å²) in [7, 11) is 0.